The van der Waals surface area contributed by atoms with E-state index in [-0.39, 0.29) is 31.2 Å². The van der Waals surface area contributed by atoms with Crippen molar-refractivity contribution in [2.45, 2.75) is 38.0 Å². The van der Waals surface area contributed by atoms with Crippen LogP contribution in [0.1, 0.15) is 24.8 Å². The molecule has 1 fully saturated rings. The molecule has 0 amide bonds. The highest BCUT2D eigenvalue weighted by molar-refractivity contribution is 5.85. The molecule has 0 radical (unpaired) electrons. The minimum atomic E-state index is 0. The van der Waals surface area contributed by atoms with Crippen molar-refractivity contribution in [1.29, 1.82) is 0 Å². The minimum absolute atomic E-state index is 0. The maximum atomic E-state index is 9.10. The fourth-order valence-corrected chi connectivity index (χ4v) is 3.71. The highest BCUT2D eigenvalue weighted by Crippen LogP contribution is 2.30. The maximum absolute atomic E-state index is 9.10. The molecule has 1 aliphatic rings. The van der Waals surface area contributed by atoms with Gasteiger partial charge < -0.3 is 20.0 Å². The molecule has 1 aliphatic carbocycles. The Balaban J connectivity index is 0.00000210. The van der Waals surface area contributed by atoms with E-state index in [9.17, 15) is 0 Å². The molecule has 0 bridgehead atoms. The van der Waals surface area contributed by atoms with Gasteiger partial charge in [-0.2, -0.15) is 0 Å². The molecular formula is C21H25ClN2O3. The molecule has 6 heteroatoms. The zero-order valence-electron chi connectivity index (χ0n) is 15.1. The lowest BCUT2D eigenvalue weighted by Gasteiger charge is -2.20. The first-order valence-corrected chi connectivity index (χ1v) is 9.17. The van der Waals surface area contributed by atoms with Gasteiger partial charge in [-0.15, -0.1) is 12.4 Å². The van der Waals surface area contributed by atoms with E-state index in [1.165, 1.54) is 0 Å². The summed E-state index contributed by atoms with van der Waals surface area (Å²) in [6.07, 6.45) is 2.83. The van der Waals surface area contributed by atoms with Gasteiger partial charge in [0, 0.05) is 18.2 Å². The van der Waals surface area contributed by atoms with Crippen LogP contribution < -0.4 is 5.73 Å². The summed E-state index contributed by atoms with van der Waals surface area (Å²) in [5, 5.41) is 9.10. The fraction of sp³-hybridized carbons (Fsp3) is 0.381. The number of aliphatic hydroxyl groups is 1. The standard InChI is InChI=1S/C21H24N2O3.ClH/c22-20-15(11-12-24)9-10-19(20)25-13-14-5-7-16(8-6-14)21-23-17-3-1-2-4-18(17)26-21;/h1-8,15,19-20,24H,9-13,22H2;1H/t15-,19-,20-;/m1./s1. The number of hydrogen-bond acceptors (Lipinski definition) is 5. The molecule has 5 nitrogen and oxygen atoms in total. The molecule has 1 aromatic heterocycles. The van der Waals surface area contributed by atoms with E-state index < -0.39 is 0 Å². The van der Waals surface area contributed by atoms with Crippen LogP contribution >= 0.6 is 12.4 Å². The first-order valence-electron chi connectivity index (χ1n) is 9.17. The van der Waals surface area contributed by atoms with Crippen LogP contribution in [-0.4, -0.2) is 28.8 Å². The lowest BCUT2D eigenvalue weighted by Crippen LogP contribution is -2.36. The number of oxazole rings is 1. The number of nitrogens with two attached hydrogens (primary N) is 1. The SMILES string of the molecule is Cl.N[C@@H]1[C@@H](CCO)CC[C@H]1OCc1ccc(-c2nc3ccccc3o2)cc1. The van der Waals surface area contributed by atoms with Crippen LogP contribution in [0.4, 0.5) is 0 Å². The summed E-state index contributed by atoms with van der Waals surface area (Å²) in [5.74, 6) is 0.995. The lowest BCUT2D eigenvalue weighted by molar-refractivity contribution is 0.0306. The minimum Gasteiger partial charge on any atom is -0.436 e. The van der Waals surface area contributed by atoms with Crippen LogP contribution in [0.2, 0.25) is 0 Å². The molecule has 144 valence electrons. The number of aliphatic hydroxyl groups excluding tert-OH is 1. The quantitative estimate of drug-likeness (QED) is 0.668. The third-order valence-corrected chi connectivity index (χ3v) is 5.25. The summed E-state index contributed by atoms with van der Waals surface area (Å²) in [6, 6.07) is 15.9. The zero-order chi connectivity index (χ0) is 17.9. The van der Waals surface area contributed by atoms with E-state index >= 15 is 0 Å². The predicted molar refractivity (Wildman–Crippen MR) is 108 cm³/mol. The van der Waals surface area contributed by atoms with Crippen molar-refractivity contribution >= 4 is 23.5 Å². The molecule has 0 spiro atoms. The Hall–Kier alpha value is -1.92. The smallest absolute Gasteiger partial charge is 0.227 e. The molecule has 1 saturated carbocycles. The molecule has 3 N–H and O–H groups in total. The van der Waals surface area contributed by atoms with Crippen molar-refractivity contribution < 1.29 is 14.3 Å². The number of nitrogens with zero attached hydrogens (tertiary/aromatic N) is 1. The van der Waals surface area contributed by atoms with Crippen LogP contribution in [-0.2, 0) is 11.3 Å². The molecule has 4 rings (SSSR count). The van der Waals surface area contributed by atoms with Gasteiger partial charge >= 0.3 is 0 Å². The Bertz CT molecular complexity index is 832. The van der Waals surface area contributed by atoms with Gasteiger partial charge in [-0.05, 0) is 55.0 Å². The molecule has 27 heavy (non-hydrogen) atoms. The Morgan fingerprint density at radius 1 is 1.11 bits per heavy atom. The number of para-hydroxylation sites is 2. The Morgan fingerprint density at radius 3 is 2.63 bits per heavy atom. The van der Waals surface area contributed by atoms with E-state index in [1.807, 2.05) is 48.5 Å². The van der Waals surface area contributed by atoms with Crippen LogP contribution in [0.5, 0.6) is 0 Å². The van der Waals surface area contributed by atoms with Gasteiger partial charge in [0.05, 0.1) is 12.7 Å². The second-order valence-corrected chi connectivity index (χ2v) is 6.96. The molecule has 1 heterocycles. The van der Waals surface area contributed by atoms with E-state index in [0.717, 1.165) is 41.5 Å². The van der Waals surface area contributed by atoms with Crippen LogP contribution in [0.25, 0.3) is 22.6 Å². The van der Waals surface area contributed by atoms with Gasteiger partial charge in [0.2, 0.25) is 5.89 Å². The van der Waals surface area contributed by atoms with Crippen LogP contribution in [0, 0.1) is 5.92 Å². The molecule has 0 unspecified atom stereocenters. The van der Waals surface area contributed by atoms with E-state index in [4.69, 9.17) is 20.0 Å². The van der Waals surface area contributed by atoms with Gasteiger partial charge in [0.15, 0.2) is 5.58 Å². The highest BCUT2D eigenvalue weighted by atomic mass is 35.5. The normalized spacial score (nSPS) is 22.1. The van der Waals surface area contributed by atoms with Gasteiger partial charge in [0.1, 0.15) is 5.52 Å². The number of fused-ring (bicyclic) bond motifs is 1. The number of ether oxygens (including phenoxy) is 1. The number of benzene rings is 2. The summed E-state index contributed by atoms with van der Waals surface area (Å²) in [7, 11) is 0. The van der Waals surface area contributed by atoms with Gasteiger partial charge in [-0.25, -0.2) is 4.98 Å². The fourth-order valence-electron chi connectivity index (χ4n) is 3.71. The number of rotatable bonds is 6. The number of halogens is 1. The van der Waals surface area contributed by atoms with E-state index in [0.29, 0.717) is 18.4 Å². The summed E-state index contributed by atoms with van der Waals surface area (Å²) in [4.78, 5) is 4.52. The van der Waals surface area contributed by atoms with E-state index in [1.54, 1.807) is 0 Å². The molecule has 3 aromatic rings. The highest BCUT2D eigenvalue weighted by Gasteiger charge is 2.33. The maximum Gasteiger partial charge on any atom is 0.227 e. The predicted octanol–water partition coefficient (Wildman–Crippen LogP) is 3.92. The Labute approximate surface area is 164 Å². The number of aromatic nitrogens is 1. The van der Waals surface area contributed by atoms with Crippen LogP contribution in [0.15, 0.2) is 52.9 Å². The summed E-state index contributed by atoms with van der Waals surface area (Å²) in [6.45, 7) is 0.737. The van der Waals surface area contributed by atoms with Crippen molar-refractivity contribution in [3.05, 3.63) is 54.1 Å². The summed E-state index contributed by atoms with van der Waals surface area (Å²) >= 11 is 0. The molecule has 0 saturated heterocycles. The first-order chi connectivity index (χ1) is 12.7. The monoisotopic (exact) mass is 388 g/mol. The van der Waals surface area contributed by atoms with Crippen LogP contribution in [0.3, 0.4) is 0 Å². The van der Waals surface area contributed by atoms with Crippen molar-refractivity contribution in [1.82, 2.24) is 4.98 Å². The topological polar surface area (TPSA) is 81.5 Å². The zero-order valence-corrected chi connectivity index (χ0v) is 15.9. The molecular weight excluding hydrogens is 364 g/mol. The van der Waals surface area contributed by atoms with Crippen molar-refractivity contribution in [2.24, 2.45) is 11.7 Å². The van der Waals surface area contributed by atoms with Gasteiger partial charge in [0.25, 0.3) is 0 Å². The third kappa shape index (κ3) is 4.33. The first kappa shape index (κ1) is 19.8. The lowest BCUT2D eigenvalue weighted by atomic mass is 10.0. The molecule has 2 aromatic carbocycles. The molecule has 3 atom stereocenters. The van der Waals surface area contributed by atoms with Crippen molar-refractivity contribution in [3.8, 4) is 11.5 Å². The average Bonchev–Trinajstić information content (AvgIpc) is 3.25. The Kier molecular flexibility index (Phi) is 6.50. The average molecular weight is 389 g/mol. The second-order valence-electron chi connectivity index (χ2n) is 6.96. The van der Waals surface area contributed by atoms with Gasteiger partial charge in [-0.3, -0.25) is 0 Å². The van der Waals surface area contributed by atoms with Crippen molar-refractivity contribution in [3.63, 3.8) is 0 Å². The summed E-state index contributed by atoms with van der Waals surface area (Å²) in [5.41, 5.74) is 9.96. The summed E-state index contributed by atoms with van der Waals surface area (Å²) < 4.78 is 11.8. The largest absolute Gasteiger partial charge is 0.436 e. The van der Waals surface area contributed by atoms with E-state index in [2.05, 4.69) is 4.98 Å². The third-order valence-electron chi connectivity index (χ3n) is 5.25. The van der Waals surface area contributed by atoms with Crippen molar-refractivity contribution in [2.75, 3.05) is 6.61 Å². The van der Waals surface area contributed by atoms with Gasteiger partial charge in [-0.1, -0.05) is 24.3 Å². The number of hydrogen-bond donors (Lipinski definition) is 2. The Morgan fingerprint density at radius 2 is 1.89 bits per heavy atom. The molecule has 0 aliphatic heterocycles. The second kappa shape index (κ2) is 8.85.